The van der Waals surface area contributed by atoms with E-state index in [4.69, 9.17) is 0 Å². The molecule has 0 saturated heterocycles. The molecule has 0 aromatic carbocycles. The summed E-state index contributed by atoms with van der Waals surface area (Å²) in [6.45, 7) is 7.71. The molecule has 0 spiro atoms. The van der Waals surface area contributed by atoms with Crippen molar-refractivity contribution < 1.29 is 0 Å². The molecule has 0 aliphatic carbocycles. The molecule has 98 valence electrons. The summed E-state index contributed by atoms with van der Waals surface area (Å²) in [7, 11) is 2.18. The summed E-state index contributed by atoms with van der Waals surface area (Å²) in [5, 5.41) is 5.74. The third kappa shape index (κ3) is 6.00. The molecule has 0 aliphatic rings. The highest BCUT2D eigenvalue weighted by atomic mass is 79.9. The van der Waals surface area contributed by atoms with Gasteiger partial charge in [-0.25, -0.2) is 0 Å². The molecule has 0 bridgehead atoms. The molecule has 0 atom stereocenters. The quantitative estimate of drug-likeness (QED) is 0.785. The van der Waals surface area contributed by atoms with Gasteiger partial charge in [0.15, 0.2) is 0 Å². The van der Waals surface area contributed by atoms with Gasteiger partial charge >= 0.3 is 0 Å². The van der Waals surface area contributed by atoms with Gasteiger partial charge in [-0.2, -0.15) is 0 Å². The molecule has 4 heteroatoms. The van der Waals surface area contributed by atoms with Crippen LogP contribution in [-0.2, 0) is 6.54 Å². The molecule has 2 nitrogen and oxygen atoms in total. The number of hydrogen-bond acceptors (Lipinski definition) is 3. The minimum Gasteiger partial charge on any atom is -0.313 e. The van der Waals surface area contributed by atoms with E-state index in [0.717, 1.165) is 19.6 Å². The third-order valence-corrected chi connectivity index (χ3v) is 4.64. The highest BCUT2D eigenvalue weighted by Gasteiger charge is 2.05. The van der Waals surface area contributed by atoms with Crippen molar-refractivity contribution in [1.29, 1.82) is 0 Å². The van der Waals surface area contributed by atoms with Gasteiger partial charge in [0.05, 0.1) is 0 Å². The van der Waals surface area contributed by atoms with Crippen LogP contribution in [0.5, 0.6) is 0 Å². The Morgan fingerprint density at radius 3 is 2.65 bits per heavy atom. The van der Waals surface area contributed by atoms with E-state index in [9.17, 15) is 0 Å². The summed E-state index contributed by atoms with van der Waals surface area (Å²) in [5.74, 6) is 0. The Balaban J connectivity index is 2.19. The van der Waals surface area contributed by atoms with Gasteiger partial charge in [-0.05, 0) is 41.9 Å². The minimum absolute atomic E-state index is 0.680. The summed E-state index contributed by atoms with van der Waals surface area (Å²) < 4.78 is 1.20. The summed E-state index contributed by atoms with van der Waals surface area (Å²) >= 11 is 5.31. The van der Waals surface area contributed by atoms with E-state index >= 15 is 0 Å². The number of thiophene rings is 1. The zero-order valence-electron chi connectivity index (χ0n) is 11.0. The van der Waals surface area contributed by atoms with Crippen LogP contribution in [0, 0.1) is 0 Å². The van der Waals surface area contributed by atoms with Crippen molar-refractivity contribution in [2.24, 2.45) is 0 Å². The second-order valence-electron chi connectivity index (χ2n) is 4.44. The molecular weight excluding hydrogens is 296 g/mol. The van der Waals surface area contributed by atoms with Crippen LogP contribution in [0.3, 0.4) is 0 Å². The van der Waals surface area contributed by atoms with Gasteiger partial charge in [0.1, 0.15) is 0 Å². The standard InChI is InChI=1S/C13H23BrN2S/c1-4-12(5-2)15-6-7-16(3)9-13-8-11(14)10-17-13/h8,10,12,15H,4-7,9H2,1-3H3. The average Bonchev–Trinajstić information content (AvgIpc) is 2.70. The smallest absolute Gasteiger partial charge is 0.0325 e. The molecule has 1 rings (SSSR count). The van der Waals surface area contributed by atoms with Crippen molar-refractivity contribution in [1.82, 2.24) is 10.2 Å². The highest BCUT2D eigenvalue weighted by molar-refractivity contribution is 9.10. The first-order chi connectivity index (χ1) is 8.15. The number of nitrogens with one attached hydrogen (secondary N) is 1. The van der Waals surface area contributed by atoms with Gasteiger partial charge in [0.25, 0.3) is 0 Å². The second-order valence-corrected chi connectivity index (χ2v) is 6.35. The second kappa shape index (κ2) is 8.25. The predicted molar refractivity (Wildman–Crippen MR) is 80.7 cm³/mol. The van der Waals surface area contributed by atoms with Crippen molar-refractivity contribution in [3.8, 4) is 0 Å². The number of halogens is 1. The van der Waals surface area contributed by atoms with Gasteiger partial charge in [0, 0.05) is 40.4 Å². The van der Waals surface area contributed by atoms with Crippen LogP contribution in [-0.4, -0.2) is 31.1 Å². The van der Waals surface area contributed by atoms with Crippen molar-refractivity contribution in [3.63, 3.8) is 0 Å². The van der Waals surface area contributed by atoms with Crippen LogP contribution < -0.4 is 5.32 Å². The summed E-state index contributed by atoms with van der Waals surface area (Å²) in [4.78, 5) is 3.79. The largest absolute Gasteiger partial charge is 0.313 e. The molecular formula is C13H23BrN2S. The molecule has 0 saturated carbocycles. The van der Waals surface area contributed by atoms with Crippen molar-refractivity contribution in [2.45, 2.75) is 39.3 Å². The molecule has 0 radical (unpaired) electrons. The van der Waals surface area contributed by atoms with E-state index in [0.29, 0.717) is 6.04 Å². The van der Waals surface area contributed by atoms with E-state index < -0.39 is 0 Å². The molecule has 1 aromatic heterocycles. The number of hydrogen-bond donors (Lipinski definition) is 1. The maximum atomic E-state index is 3.59. The fraction of sp³-hybridized carbons (Fsp3) is 0.692. The lowest BCUT2D eigenvalue weighted by Gasteiger charge is -2.19. The maximum Gasteiger partial charge on any atom is 0.0325 e. The van der Waals surface area contributed by atoms with Crippen molar-refractivity contribution in [2.75, 3.05) is 20.1 Å². The zero-order valence-corrected chi connectivity index (χ0v) is 13.4. The molecule has 0 unspecified atom stereocenters. The fourth-order valence-electron chi connectivity index (χ4n) is 1.82. The molecule has 0 fully saturated rings. The molecule has 1 heterocycles. The van der Waals surface area contributed by atoms with Crippen LogP contribution in [0.4, 0.5) is 0 Å². The Labute approximate surface area is 118 Å². The van der Waals surface area contributed by atoms with Gasteiger partial charge in [-0.1, -0.05) is 13.8 Å². The SMILES string of the molecule is CCC(CC)NCCN(C)Cc1cc(Br)cs1. The third-order valence-electron chi connectivity index (χ3n) is 2.96. The van der Waals surface area contributed by atoms with E-state index in [1.165, 1.54) is 22.2 Å². The Morgan fingerprint density at radius 2 is 2.12 bits per heavy atom. The number of rotatable bonds is 8. The van der Waals surface area contributed by atoms with Gasteiger partial charge in [0.2, 0.25) is 0 Å². The maximum absolute atomic E-state index is 3.59. The lowest BCUT2D eigenvalue weighted by atomic mass is 10.2. The number of likely N-dealkylation sites (N-methyl/N-ethyl adjacent to an activating group) is 1. The van der Waals surface area contributed by atoms with Crippen LogP contribution in [0.1, 0.15) is 31.6 Å². The summed E-state index contributed by atoms with van der Waals surface area (Å²) in [6, 6.07) is 2.88. The first-order valence-electron chi connectivity index (χ1n) is 6.30. The van der Waals surface area contributed by atoms with Gasteiger partial charge < -0.3 is 10.2 Å². The van der Waals surface area contributed by atoms with Crippen LogP contribution in [0.25, 0.3) is 0 Å². The predicted octanol–water partition coefficient (Wildman–Crippen LogP) is 3.72. The van der Waals surface area contributed by atoms with Crippen LogP contribution in [0.15, 0.2) is 15.9 Å². The highest BCUT2D eigenvalue weighted by Crippen LogP contribution is 2.20. The van der Waals surface area contributed by atoms with Crippen LogP contribution >= 0.6 is 27.3 Å². The number of nitrogens with zero attached hydrogens (tertiary/aromatic N) is 1. The molecule has 0 amide bonds. The topological polar surface area (TPSA) is 15.3 Å². The first kappa shape index (κ1) is 15.2. The van der Waals surface area contributed by atoms with Gasteiger partial charge in [-0.15, -0.1) is 11.3 Å². The Bertz CT molecular complexity index is 310. The molecule has 17 heavy (non-hydrogen) atoms. The van der Waals surface area contributed by atoms with Crippen LogP contribution in [0.2, 0.25) is 0 Å². The zero-order chi connectivity index (χ0) is 12.7. The lowest BCUT2D eigenvalue weighted by molar-refractivity contribution is 0.316. The minimum atomic E-state index is 0.680. The summed E-state index contributed by atoms with van der Waals surface area (Å²) in [6.07, 6.45) is 2.44. The molecule has 1 N–H and O–H groups in total. The Kier molecular flexibility index (Phi) is 7.35. The van der Waals surface area contributed by atoms with Crippen molar-refractivity contribution in [3.05, 3.63) is 20.8 Å². The Hall–Kier alpha value is 0.1000. The monoisotopic (exact) mass is 318 g/mol. The van der Waals surface area contributed by atoms with E-state index in [2.05, 4.69) is 58.5 Å². The molecule has 1 aromatic rings. The normalized spacial score (nSPS) is 11.6. The van der Waals surface area contributed by atoms with E-state index in [-0.39, 0.29) is 0 Å². The van der Waals surface area contributed by atoms with Gasteiger partial charge in [-0.3, -0.25) is 0 Å². The van der Waals surface area contributed by atoms with E-state index in [1.807, 2.05) is 11.3 Å². The first-order valence-corrected chi connectivity index (χ1v) is 7.97. The summed E-state index contributed by atoms with van der Waals surface area (Å²) in [5.41, 5.74) is 0. The average molecular weight is 319 g/mol. The van der Waals surface area contributed by atoms with Crippen molar-refractivity contribution >= 4 is 27.3 Å². The van der Waals surface area contributed by atoms with E-state index in [1.54, 1.807) is 0 Å². The fourth-order valence-corrected chi connectivity index (χ4v) is 3.35. The lowest BCUT2D eigenvalue weighted by Crippen LogP contribution is -2.34. The molecule has 0 aliphatic heterocycles. The Morgan fingerprint density at radius 1 is 1.41 bits per heavy atom.